The summed E-state index contributed by atoms with van der Waals surface area (Å²) in [6, 6.07) is 7.04. The van der Waals surface area contributed by atoms with Crippen LogP contribution in [0.5, 0.6) is 0 Å². The van der Waals surface area contributed by atoms with Gasteiger partial charge in [0.05, 0.1) is 35.3 Å². The Morgan fingerprint density at radius 2 is 1.83 bits per heavy atom. The van der Waals surface area contributed by atoms with Gasteiger partial charge in [-0.2, -0.15) is 27.7 Å². The van der Waals surface area contributed by atoms with Crippen molar-refractivity contribution in [3.8, 4) is 5.69 Å². The molecule has 4 aromatic rings. The van der Waals surface area contributed by atoms with Gasteiger partial charge in [0.15, 0.2) is 5.78 Å². The van der Waals surface area contributed by atoms with E-state index in [1.54, 1.807) is 7.05 Å². The number of ketones is 1. The third-order valence-electron chi connectivity index (χ3n) is 7.43. The molecule has 1 aromatic carbocycles. The minimum Gasteiger partial charge on any atom is -0.292 e. The molecule has 1 fully saturated rings. The van der Waals surface area contributed by atoms with E-state index in [2.05, 4.69) is 15.2 Å². The SMILES string of the molecule is Cn1cc(S(=O)(=O)N2CCC3=Cc4c(cnn4-c4ccc(F)cc4)C(C(=O)c4cc(C(F)(F)F)ccn4)C3C2)cn1. The van der Waals surface area contributed by atoms with E-state index < -0.39 is 50.9 Å². The number of rotatable bonds is 5. The Balaban J connectivity index is 1.45. The number of nitrogens with zero attached hydrogens (tertiary/aromatic N) is 6. The van der Waals surface area contributed by atoms with Crippen molar-refractivity contribution in [2.24, 2.45) is 13.0 Å². The van der Waals surface area contributed by atoms with Gasteiger partial charge in [0, 0.05) is 44.0 Å². The third kappa shape index (κ3) is 4.76. The lowest BCUT2D eigenvalue weighted by Crippen LogP contribution is -2.45. The van der Waals surface area contributed by atoms with Crippen LogP contribution < -0.4 is 0 Å². The molecule has 9 nitrogen and oxygen atoms in total. The van der Waals surface area contributed by atoms with Gasteiger partial charge in [0.2, 0.25) is 10.0 Å². The lowest BCUT2D eigenvalue weighted by Gasteiger charge is -2.39. The molecule has 1 aliphatic heterocycles. The molecule has 0 saturated carbocycles. The predicted octanol–water partition coefficient (Wildman–Crippen LogP) is 4.23. The molecule has 1 aliphatic carbocycles. The number of pyridine rings is 1. The number of halogens is 4. The Kier molecular flexibility index (Phi) is 6.41. The van der Waals surface area contributed by atoms with Crippen molar-refractivity contribution in [1.29, 1.82) is 0 Å². The quantitative estimate of drug-likeness (QED) is 0.256. The van der Waals surface area contributed by atoms with E-state index in [0.29, 0.717) is 23.0 Å². The molecule has 41 heavy (non-hydrogen) atoms. The molecule has 0 bridgehead atoms. The van der Waals surface area contributed by atoms with Crippen LogP contribution in [-0.2, 0) is 23.2 Å². The summed E-state index contributed by atoms with van der Waals surface area (Å²) in [4.78, 5) is 17.9. The average molecular weight is 587 g/mol. The number of piperidine rings is 1. The summed E-state index contributed by atoms with van der Waals surface area (Å²) in [6.07, 6.45) is 2.40. The van der Waals surface area contributed by atoms with Crippen LogP contribution in [0.3, 0.4) is 0 Å². The molecule has 0 N–H and O–H groups in total. The van der Waals surface area contributed by atoms with Gasteiger partial charge in [0.25, 0.3) is 0 Å². The number of aryl methyl sites for hydroxylation is 1. The van der Waals surface area contributed by atoms with Gasteiger partial charge in [-0.25, -0.2) is 17.5 Å². The minimum absolute atomic E-state index is 0.00419. The van der Waals surface area contributed by atoms with Crippen molar-refractivity contribution >= 4 is 21.9 Å². The molecule has 3 aromatic heterocycles. The fraction of sp³-hybridized carbons (Fsp3) is 0.259. The number of hydrogen-bond acceptors (Lipinski definition) is 6. The van der Waals surface area contributed by atoms with Gasteiger partial charge in [-0.3, -0.25) is 14.5 Å². The van der Waals surface area contributed by atoms with Crippen molar-refractivity contribution in [2.75, 3.05) is 13.1 Å². The number of alkyl halides is 3. The molecule has 14 heteroatoms. The molecule has 2 atom stereocenters. The fourth-order valence-corrected chi connectivity index (χ4v) is 6.88. The van der Waals surface area contributed by atoms with Crippen LogP contribution in [0.4, 0.5) is 17.6 Å². The van der Waals surface area contributed by atoms with Gasteiger partial charge in [0.1, 0.15) is 16.4 Å². The van der Waals surface area contributed by atoms with Gasteiger partial charge >= 0.3 is 6.18 Å². The second kappa shape index (κ2) is 9.73. The molecule has 0 spiro atoms. The maximum Gasteiger partial charge on any atom is 0.416 e. The van der Waals surface area contributed by atoms with E-state index in [0.717, 1.165) is 17.8 Å². The molecule has 2 unspecified atom stereocenters. The van der Waals surface area contributed by atoms with Crippen molar-refractivity contribution in [3.63, 3.8) is 0 Å². The summed E-state index contributed by atoms with van der Waals surface area (Å²) in [6.45, 7) is 0.0435. The number of Topliss-reactive ketones (excluding diaryl/α,β-unsaturated/α-hetero) is 1. The van der Waals surface area contributed by atoms with E-state index >= 15 is 0 Å². The molecule has 0 amide bonds. The van der Waals surface area contributed by atoms with E-state index in [9.17, 15) is 30.8 Å². The smallest absolute Gasteiger partial charge is 0.292 e. The number of hydrogen-bond donors (Lipinski definition) is 0. The fourth-order valence-electron chi connectivity index (χ4n) is 5.43. The number of benzene rings is 1. The highest BCUT2D eigenvalue weighted by atomic mass is 32.2. The first-order valence-corrected chi connectivity index (χ1v) is 14.0. The van der Waals surface area contributed by atoms with Crippen LogP contribution in [0.15, 0.2) is 71.7 Å². The van der Waals surface area contributed by atoms with Crippen LogP contribution in [0, 0.1) is 11.7 Å². The number of aromatic nitrogens is 5. The highest BCUT2D eigenvalue weighted by Gasteiger charge is 2.45. The second-order valence-electron chi connectivity index (χ2n) is 9.93. The Morgan fingerprint density at radius 1 is 1.07 bits per heavy atom. The summed E-state index contributed by atoms with van der Waals surface area (Å²) in [5, 5.41) is 8.36. The summed E-state index contributed by atoms with van der Waals surface area (Å²) in [5.74, 6) is -2.88. The summed E-state index contributed by atoms with van der Waals surface area (Å²) in [7, 11) is -2.37. The Hall–Kier alpha value is -4.17. The molecule has 4 heterocycles. The molecule has 6 rings (SSSR count). The predicted molar refractivity (Wildman–Crippen MR) is 138 cm³/mol. The molecular formula is C27H22F4N6O3S. The van der Waals surface area contributed by atoms with Crippen LogP contribution in [-0.4, -0.2) is 56.1 Å². The third-order valence-corrected chi connectivity index (χ3v) is 9.25. The monoisotopic (exact) mass is 586 g/mol. The van der Waals surface area contributed by atoms with Crippen LogP contribution in [0.25, 0.3) is 11.8 Å². The normalized spacial score (nSPS) is 19.4. The first-order chi connectivity index (χ1) is 19.4. The number of carbonyl (C=O) groups is 1. The first-order valence-electron chi connectivity index (χ1n) is 12.5. The molecule has 2 aliphatic rings. The average Bonchev–Trinajstić information content (AvgIpc) is 3.58. The van der Waals surface area contributed by atoms with Gasteiger partial charge in [-0.05, 0) is 48.9 Å². The van der Waals surface area contributed by atoms with Crippen LogP contribution >= 0.6 is 0 Å². The lowest BCUT2D eigenvalue weighted by molar-refractivity contribution is -0.137. The topological polar surface area (TPSA) is 103 Å². The van der Waals surface area contributed by atoms with Gasteiger partial charge in [-0.1, -0.05) is 5.57 Å². The molecular weight excluding hydrogens is 564 g/mol. The van der Waals surface area contributed by atoms with E-state index in [4.69, 9.17) is 0 Å². The van der Waals surface area contributed by atoms with Crippen molar-refractivity contribution in [3.05, 3.63) is 95.1 Å². The highest BCUT2D eigenvalue weighted by molar-refractivity contribution is 7.89. The zero-order valence-corrected chi connectivity index (χ0v) is 22.3. The zero-order chi connectivity index (χ0) is 29.1. The molecule has 1 saturated heterocycles. The largest absolute Gasteiger partial charge is 0.416 e. The standard InChI is InChI=1S/C27H22F4N6O3S/c1-35-14-20(12-33-35)41(39,40)36-9-7-16-10-24-21(13-34-37(24)19-4-2-18(28)3-5-19)25(22(16)15-36)26(38)23-11-17(6-8-32-23)27(29,30)31/h2-6,8,10-14,22,25H,7,9,15H2,1H3. The van der Waals surface area contributed by atoms with Gasteiger partial charge in [-0.15, -0.1) is 0 Å². The second-order valence-corrected chi connectivity index (χ2v) is 11.9. The number of sulfonamides is 1. The summed E-state index contributed by atoms with van der Waals surface area (Å²) >= 11 is 0. The van der Waals surface area contributed by atoms with E-state index in [1.807, 2.05) is 6.08 Å². The van der Waals surface area contributed by atoms with Crippen LogP contribution in [0.2, 0.25) is 0 Å². The number of fused-ring (bicyclic) bond motifs is 2. The maximum absolute atomic E-state index is 14.0. The van der Waals surface area contributed by atoms with Crippen molar-refractivity contribution < 1.29 is 30.8 Å². The Labute approximate surface area is 231 Å². The highest BCUT2D eigenvalue weighted by Crippen LogP contribution is 2.45. The zero-order valence-electron chi connectivity index (χ0n) is 21.5. The minimum atomic E-state index is -4.69. The Bertz CT molecular complexity index is 1790. The van der Waals surface area contributed by atoms with Gasteiger partial charge < -0.3 is 0 Å². The van der Waals surface area contributed by atoms with E-state index in [1.165, 1.54) is 56.5 Å². The first kappa shape index (κ1) is 27.0. The van der Waals surface area contributed by atoms with Crippen molar-refractivity contribution in [1.82, 2.24) is 28.9 Å². The molecule has 0 radical (unpaired) electrons. The lowest BCUT2D eigenvalue weighted by atomic mass is 9.72. The summed E-state index contributed by atoms with van der Waals surface area (Å²) in [5.41, 5.74) is 0.782. The van der Waals surface area contributed by atoms with Crippen LogP contribution in [0.1, 0.15) is 39.6 Å². The Morgan fingerprint density at radius 3 is 2.51 bits per heavy atom. The number of carbonyl (C=O) groups excluding carboxylic acids is 1. The summed E-state index contributed by atoms with van der Waals surface area (Å²) < 4.78 is 85.0. The van der Waals surface area contributed by atoms with E-state index in [-0.39, 0.29) is 24.4 Å². The molecule has 212 valence electrons. The maximum atomic E-state index is 14.0. The van der Waals surface area contributed by atoms with Crippen molar-refractivity contribution in [2.45, 2.75) is 23.4 Å².